The number of fused-ring (bicyclic) bond motifs is 1. The largest absolute Gasteiger partial charge is 0.351 e. The Bertz CT molecular complexity index is 1260. The van der Waals surface area contributed by atoms with E-state index < -0.39 is 27.3 Å². The molecule has 0 saturated carbocycles. The third-order valence-corrected chi connectivity index (χ3v) is 6.84. The van der Waals surface area contributed by atoms with Crippen molar-refractivity contribution in [2.45, 2.75) is 32.9 Å². The number of nitrogens with one attached hydrogen (secondary N) is 1. The van der Waals surface area contributed by atoms with Gasteiger partial charge < -0.3 is 5.32 Å². The van der Waals surface area contributed by atoms with Gasteiger partial charge in [-0.05, 0) is 32.4 Å². The zero-order chi connectivity index (χ0) is 20.8. The van der Waals surface area contributed by atoms with Gasteiger partial charge >= 0.3 is 0 Å². The van der Waals surface area contributed by atoms with Crippen molar-refractivity contribution in [3.63, 3.8) is 0 Å². The number of benzene rings is 1. The molecule has 0 bridgehead atoms. The molecule has 0 radical (unpaired) electrons. The van der Waals surface area contributed by atoms with Gasteiger partial charge in [0.2, 0.25) is 5.91 Å². The summed E-state index contributed by atoms with van der Waals surface area (Å²) < 4.78 is 25.9. The molecule has 1 N–H and O–H groups in total. The number of hydrogen-bond donors (Lipinski definition) is 1. The lowest BCUT2D eigenvalue weighted by Crippen LogP contribution is -2.40. The number of amides is 1. The number of aryl methyl sites for hydroxylation is 2. The molecule has 1 atom stereocenters. The third-order valence-electron chi connectivity index (χ3n) is 5.07. The Morgan fingerprint density at radius 3 is 2.59 bits per heavy atom. The molecule has 1 aliphatic heterocycles. The molecular formula is C19H21N5O4S. The highest BCUT2D eigenvalue weighted by Gasteiger charge is 2.29. The van der Waals surface area contributed by atoms with Crippen LogP contribution in [0.5, 0.6) is 0 Å². The zero-order valence-corrected chi connectivity index (χ0v) is 16.9. The maximum absolute atomic E-state index is 13.0. The Labute approximate surface area is 167 Å². The molecule has 2 aromatic heterocycles. The fourth-order valence-electron chi connectivity index (χ4n) is 3.66. The van der Waals surface area contributed by atoms with Crippen LogP contribution in [0.25, 0.3) is 16.6 Å². The van der Waals surface area contributed by atoms with Gasteiger partial charge in [-0.1, -0.05) is 18.2 Å². The number of nitrogens with zero attached hydrogens (tertiary/aromatic N) is 4. The van der Waals surface area contributed by atoms with Crippen molar-refractivity contribution in [3.05, 3.63) is 52.1 Å². The van der Waals surface area contributed by atoms with Crippen LogP contribution in [0.1, 0.15) is 17.8 Å². The summed E-state index contributed by atoms with van der Waals surface area (Å²) >= 11 is 0. The van der Waals surface area contributed by atoms with Crippen LogP contribution >= 0.6 is 0 Å². The van der Waals surface area contributed by atoms with Gasteiger partial charge in [-0.15, -0.1) is 0 Å². The first-order valence-corrected chi connectivity index (χ1v) is 11.1. The number of para-hydroxylation sites is 1. The highest BCUT2D eigenvalue weighted by atomic mass is 32.2. The number of hydrogen-bond acceptors (Lipinski definition) is 6. The Hall–Kier alpha value is -3.01. The minimum atomic E-state index is -3.10. The van der Waals surface area contributed by atoms with E-state index in [1.54, 1.807) is 18.5 Å². The van der Waals surface area contributed by atoms with E-state index in [0.29, 0.717) is 28.7 Å². The van der Waals surface area contributed by atoms with Crippen molar-refractivity contribution >= 4 is 26.6 Å². The average Bonchev–Trinajstić information content (AvgIpc) is 3.19. The second-order valence-electron chi connectivity index (χ2n) is 7.27. The van der Waals surface area contributed by atoms with Crippen molar-refractivity contribution in [3.8, 4) is 5.69 Å². The maximum atomic E-state index is 13.0. The summed E-state index contributed by atoms with van der Waals surface area (Å²) in [7, 11) is -3.10. The Kier molecular flexibility index (Phi) is 4.73. The Morgan fingerprint density at radius 2 is 1.93 bits per heavy atom. The van der Waals surface area contributed by atoms with E-state index in [-0.39, 0.29) is 18.1 Å². The lowest BCUT2D eigenvalue weighted by molar-refractivity contribution is -0.122. The lowest BCUT2D eigenvalue weighted by Gasteiger charge is -2.11. The predicted octanol–water partition coefficient (Wildman–Crippen LogP) is 0.502. The van der Waals surface area contributed by atoms with Crippen molar-refractivity contribution in [1.29, 1.82) is 0 Å². The summed E-state index contributed by atoms with van der Waals surface area (Å²) in [4.78, 5) is 25.4. The molecule has 9 nitrogen and oxygen atoms in total. The summed E-state index contributed by atoms with van der Waals surface area (Å²) in [6.45, 7) is 3.26. The fraction of sp³-hybridized carbons (Fsp3) is 0.368. The van der Waals surface area contributed by atoms with Crippen LogP contribution in [0, 0.1) is 13.8 Å². The molecule has 10 heteroatoms. The summed E-state index contributed by atoms with van der Waals surface area (Å²) in [5, 5.41) is 11.9. The molecule has 1 aliphatic rings. The van der Waals surface area contributed by atoms with Crippen molar-refractivity contribution in [2.75, 3.05) is 11.5 Å². The second-order valence-corrected chi connectivity index (χ2v) is 9.50. The van der Waals surface area contributed by atoms with Crippen LogP contribution in [0.2, 0.25) is 0 Å². The van der Waals surface area contributed by atoms with E-state index in [9.17, 15) is 18.0 Å². The number of aromatic nitrogens is 4. The molecule has 1 aromatic carbocycles. The summed E-state index contributed by atoms with van der Waals surface area (Å²) in [5.74, 6) is -0.435. The minimum absolute atomic E-state index is 0.0674. The van der Waals surface area contributed by atoms with Gasteiger partial charge in [0.15, 0.2) is 9.84 Å². The van der Waals surface area contributed by atoms with Gasteiger partial charge in [-0.3, -0.25) is 9.59 Å². The summed E-state index contributed by atoms with van der Waals surface area (Å²) in [5.41, 5.74) is 2.12. The highest BCUT2D eigenvalue weighted by Crippen LogP contribution is 2.19. The summed E-state index contributed by atoms with van der Waals surface area (Å²) in [6.07, 6.45) is 0.386. The molecule has 1 fully saturated rings. The van der Waals surface area contributed by atoms with Crippen LogP contribution in [-0.2, 0) is 21.2 Å². The molecular weight excluding hydrogens is 394 g/mol. The van der Waals surface area contributed by atoms with Crippen LogP contribution in [-0.4, -0.2) is 51.4 Å². The molecule has 0 aliphatic carbocycles. The van der Waals surface area contributed by atoms with Crippen molar-refractivity contribution in [2.24, 2.45) is 0 Å². The Morgan fingerprint density at radius 1 is 1.21 bits per heavy atom. The van der Waals surface area contributed by atoms with Crippen molar-refractivity contribution < 1.29 is 13.2 Å². The monoisotopic (exact) mass is 415 g/mol. The van der Waals surface area contributed by atoms with Gasteiger partial charge in [0.1, 0.15) is 12.1 Å². The minimum Gasteiger partial charge on any atom is -0.351 e. The van der Waals surface area contributed by atoms with Gasteiger partial charge in [-0.2, -0.15) is 10.2 Å². The first kappa shape index (κ1) is 19.3. The molecule has 29 heavy (non-hydrogen) atoms. The zero-order valence-electron chi connectivity index (χ0n) is 16.1. The van der Waals surface area contributed by atoms with Gasteiger partial charge in [0, 0.05) is 6.04 Å². The lowest BCUT2D eigenvalue weighted by atomic mass is 10.2. The van der Waals surface area contributed by atoms with Crippen LogP contribution in [0.4, 0.5) is 0 Å². The van der Waals surface area contributed by atoms with Gasteiger partial charge in [-0.25, -0.2) is 17.8 Å². The molecule has 3 heterocycles. The standard InChI is InChI=1S/C19H21N5O4S/c1-12-18-17(13(2)24(22-18)15-6-4-3-5-7-15)19(26)23(21-12)10-16(25)20-14-8-9-29(27,28)11-14/h3-7,14H,8-11H2,1-2H3,(H,20,25). The van der Waals surface area contributed by atoms with E-state index >= 15 is 0 Å². The quantitative estimate of drug-likeness (QED) is 0.663. The normalized spacial score (nSPS) is 18.2. The molecule has 1 saturated heterocycles. The molecule has 1 unspecified atom stereocenters. The maximum Gasteiger partial charge on any atom is 0.278 e. The molecule has 1 amide bonds. The molecule has 152 valence electrons. The number of sulfone groups is 1. The van der Waals surface area contributed by atoms with E-state index in [1.807, 2.05) is 30.3 Å². The average molecular weight is 415 g/mol. The number of rotatable bonds is 4. The van der Waals surface area contributed by atoms with Crippen LogP contribution in [0.15, 0.2) is 35.1 Å². The van der Waals surface area contributed by atoms with Crippen LogP contribution in [0.3, 0.4) is 0 Å². The van der Waals surface area contributed by atoms with Crippen LogP contribution < -0.4 is 10.9 Å². The van der Waals surface area contributed by atoms with Gasteiger partial charge in [0.25, 0.3) is 5.56 Å². The van der Waals surface area contributed by atoms with E-state index in [1.165, 1.54) is 0 Å². The fourth-order valence-corrected chi connectivity index (χ4v) is 5.33. The smallest absolute Gasteiger partial charge is 0.278 e. The molecule has 0 spiro atoms. The molecule has 4 rings (SSSR count). The first-order chi connectivity index (χ1) is 13.7. The second kappa shape index (κ2) is 7.11. The summed E-state index contributed by atoms with van der Waals surface area (Å²) in [6, 6.07) is 9.04. The first-order valence-electron chi connectivity index (χ1n) is 9.27. The van der Waals surface area contributed by atoms with E-state index in [4.69, 9.17) is 0 Å². The number of carbonyl (C=O) groups excluding carboxylic acids is 1. The van der Waals surface area contributed by atoms with E-state index in [0.717, 1.165) is 10.4 Å². The molecule has 3 aromatic rings. The number of carbonyl (C=O) groups is 1. The van der Waals surface area contributed by atoms with E-state index in [2.05, 4.69) is 15.5 Å². The van der Waals surface area contributed by atoms with Gasteiger partial charge in [0.05, 0.1) is 34.0 Å². The van der Waals surface area contributed by atoms with Crippen molar-refractivity contribution in [1.82, 2.24) is 24.9 Å². The third kappa shape index (κ3) is 3.67. The highest BCUT2D eigenvalue weighted by molar-refractivity contribution is 7.91. The Balaban J connectivity index is 1.66. The topological polar surface area (TPSA) is 116 Å². The SMILES string of the molecule is Cc1nn(CC(=O)NC2CCS(=O)(=O)C2)c(=O)c2c(C)n(-c3ccccc3)nc12. The predicted molar refractivity (Wildman–Crippen MR) is 108 cm³/mol.